The van der Waals surface area contributed by atoms with Gasteiger partial charge in [-0.15, -0.1) is 0 Å². The first-order valence-electron chi connectivity index (χ1n) is 7.17. The number of amides is 1. The Bertz CT molecular complexity index is 365. The molecule has 0 aromatic carbocycles. The smallest absolute Gasteiger partial charge is 0.410 e. The fraction of sp³-hybridized carbons (Fsp3) is 0.857. The average Bonchev–Trinajstić information content (AvgIpc) is 2.29. The molecule has 0 aromatic heterocycles. The van der Waals surface area contributed by atoms with Crippen LogP contribution < -0.4 is 0 Å². The summed E-state index contributed by atoms with van der Waals surface area (Å²) in [5.74, 6) is -1.08. The lowest BCUT2D eigenvalue weighted by atomic mass is 10.2. The predicted molar refractivity (Wildman–Crippen MR) is 75.2 cm³/mol. The number of aliphatic carboxylic acids is 1. The zero-order valence-electron chi connectivity index (χ0n) is 13.1. The number of carboxylic acid groups (broad SMARTS) is 1. The molecule has 1 aliphatic heterocycles. The molecule has 21 heavy (non-hydrogen) atoms. The molecule has 7 heteroatoms. The van der Waals surface area contributed by atoms with Gasteiger partial charge in [-0.25, -0.2) is 9.59 Å². The first kappa shape index (κ1) is 17.7. The molecule has 1 aliphatic rings. The van der Waals surface area contributed by atoms with Crippen molar-refractivity contribution < 1.29 is 28.9 Å². The molecular weight excluding hydrogens is 278 g/mol. The fourth-order valence-corrected chi connectivity index (χ4v) is 2.00. The van der Waals surface area contributed by atoms with Crippen molar-refractivity contribution in [2.75, 3.05) is 26.3 Å². The zero-order chi connectivity index (χ0) is 16.0. The lowest BCUT2D eigenvalue weighted by Crippen LogP contribution is -2.49. The first-order valence-corrected chi connectivity index (χ1v) is 7.17. The van der Waals surface area contributed by atoms with E-state index >= 15 is 0 Å². The lowest BCUT2D eigenvalue weighted by Gasteiger charge is -2.33. The molecule has 1 saturated heterocycles. The third-order valence-electron chi connectivity index (χ3n) is 2.90. The van der Waals surface area contributed by atoms with Crippen molar-refractivity contribution >= 4 is 12.1 Å². The molecule has 1 rings (SSSR count). The Morgan fingerprint density at radius 1 is 1.33 bits per heavy atom. The molecule has 2 atom stereocenters. The Morgan fingerprint density at radius 3 is 2.52 bits per heavy atom. The van der Waals surface area contributed by atoms with Crippen LogP contribution in [0.5, 0.6) is 0 Å². The summed E-state index contributed by atoms with van der Waals surface area (Å²) >= 11 is 0. The van der Waals surface area contributed by atoms with Crippen LogP contribution in [0, 0.1) is 0 Å². The second-order valence-electron chi connectivity index (χ2n) is 5.95. The Hall–Kier alpha value is -1.34. The van der Waals surface area contributed by atoms with Crippen LogP contribution in [0.1, 0.15) is 34.1 Å². The molecule has 0 spiro atoms. The molecule has 122 valence electrons. The molecule has 1 unspecified atom stereocenters. The summed E-state index contributed by atoms with van der Waals surface area (Å²) in [5.41, 5.74) is -0.639. The molecule has 0 aliphatic carbocycles. The van der Waals surface area contributed by atoms with Crippen molar-refractivity contribution in [3.05, 3.63) is 0 Å². The van der Waals surface area contributed by atoms with E-state index in [1.807, 2.05) is 6.92 Å². The van der Waals surface area contributed by atoms with Crippen LogP contribution in [0.4, 0.5) is 4.79 Å². The van der Waals surface area contributed by atoms with Crippen LogP contribution in [0.25, 0.3) is 0 Å². The Labute approximate surface area is 125 Å². The van der Waals surface area contributed by atoms with Gasteiger partial charge in [0.15, 0.2) is 6.10 Å². The molecule has 1 N–H and O–H groups in total. The van der Waals surface area contributed by atoms with E-state index in [2.05, 4.69) is 0 Å². The summed E-state index contributed by atoms with van der Waals surface area (Å²) in [6.07, 6.45) is -1.24. The molecule has 1 heterocycles. The third-order valence-corrected chi connectivity index (χ3v) is 2.90. The van der Waals surface area contributed by atoms with Gasteiger partial charge in [-0.3, -0.25) is 0 Å². The van der Waals surface area contributed by atoms with Gasteiger partial charge in [0.25, 0.3) is 0 Å². The SMILES string of the molecule is CCOC1CCO[C@H](C(=O)O)CN(C(=O)OC(C)(C)C)C1. The Morgan fingerprint density at radius 2 is 2.00 bits per heavy atom. The summed E-state index contributed by atoms with van der Waals surface area (Å²) in [6.45, 7) is 8.24. The van der Waals surface area contributed by atoms with Crippen molar-refractivity contribution in [2.24, 2.45) is 0 Å². The summed E-state index contributed by atoms with van der Waals surface area (Å²) in [7, 11) is 0. The maximum Gasteiger partial charge on any atom is 0.410 e. The number of carbonyl (C=O) groups is 2. The van der Waals surface area contributed by atoms with Crippen molar-refractivity contribution in [1.29, 1.82) is 0 Å². The molecular formula is C14H25NO6. The van der Waals surface area contributed by atoms with Gasteiger partial charge in [0.2, 0.25) is 0 Å². The normalized spacial score (nSPS) is 24.1. The number of hydrogen-bond donors (Lipinski definition) is 1. The van der Waals surface area contributed by atoms with Gasteiger partial charge in [-0.2, -0.15) is 0 Å². The summed E-state index contributed by atoms with van der Waals surface area (Å²) in [5, 5.41) is 9.12. The van der Waals surface area contributed by atoms with Crippen LogP contribution >= 0.6 is 0 Å². The number of carbonyl (C=O) groups excluding carboxylic acids is 1. The molecule has 1 amide bonds. The molecule has 0 radical (unpaired) electrons. The predicted octanol–water partition coefficient (Wildman–Crippen LogP) is 1.50. The van der Waals surface area contributed by atoms with E-state index in [4.69, 9.17) is 19.3 Å². The maximum atomic E-state index is 12.2. The summed E-state index contributed by atoms with van der Waals surface area (Å²) in [6, 6.07) is 0. The number of hydrogen-bond acceptors (Lipinski definition) is 5. The van der Waals surface area contributed by atoms with Crippen LogP contribution in [0.2, 0.25) is 0 Å². The minimum Gasteiger partial charge on any atom is -0.479 e. The average molecular weight is 303 g/mol. The van der Waals surface area contributed by atoms with Gasteiger partial charge < -0.3 is 24.2 Å². The largest absolute Gasteiger partial charge is 0.479 e. The van der Waals surface area contributed by atoms with Crippen LogP contribution in [-0.4, -0.2) is 66.2 Å². The van der Waals surface area contributed by atoms with Gasteiger partial charge in [-0.05, 0) is 34.1 Å². The number of carboxylic acids is 1. The molecule has 1 fully saturated rings. The number of rotatable bonds is 3. The lowest BCUT2D eigenvalue weighted by molar-refractivity contribution is -0.154. The highest BCUT2D eigenvalue weighted by Gasteiger charge is 2.32. The van der Waals surface area contributed by atoms with E-state index in [9.17, 15) is 9.59 Å². The topological polar surface area (TPSA) is 85.3 Å². The van der Waals surface area contributed by atoms with Gasteiger partial charge >= 0.3 is 12.1 Å². The van der Waals surface area contributed by atoms with Crippen molar-refractivity contribution in [2.45, 2.75) is 51.9 Å². The minimum atomic E-state index is -1.08. The van der Waals surface area contributed by atoms with E-state index < -0.39 is 23.8 Å². The minimum absolute atomic E-state index is 0.0478. The van der Waals surface area contributed by atoms with E-state index in [0.717, 1.165) is 0 Å². The zero-order valence-corrected chi connectivity index (χ0v) is 13.1. The fourth-order valence-electron chi connectivity index (χ4n) is 2.00. The summed E-state index contributed by atoms with van der Waals surface area (Å²) in [4.78, 5) is 24.7. The van der Waals surface area contributed by atoms with Crippen molar-refractivity contribution in [1.82, 2.24) is 4.90 Å². The van der Waals surface area contributed by atoms with E-state index in [0.29, 0.717) is 26.2 Å². The van der Waals surface area contributed by atoms with Crippen LogP contribution in [0.15, 0.2) is 0 Å². The van der Waals surface area contributed by atoms with Gasteiger partial charge in [0, 0.05) is 6.61 Å². The van der Waals surface area contributed by atoms with Crippen LogP contribution in [0.3, 0.4) is 0 Å². The quantitative estimate of drug-likeness (QED) is 0.850. The van der Waals surface area contributed by atoms with Crippen LogP contribution in [-0.2, 0) is 19.0 Å². The van der Waals surface area contributed by atoms with Gasteiger partial charge in [-0.1, -0.05) is 0 Å². The van der Waals surface area contributed by atoms with E-state index in [1.165, 1.54) is 4.90 Å². The Kier molecular flexibility index (Phi) is 6.42. The standard InChI is InChI=1S/C14H25NO6/c1-5-19-10-6-7-20-11(12(16)17)9-15(8-10)13(18)21-14(2,3)4/h10-11H,5-9H2,1-4H3,(H,16,17)/t10?,11-/m0/s1. The molecule has 0 bridgehead atoms. The number of ether oxygens (including phenoxy) is 3. The van der Waals surface area contributed by atoms with Crippen molar-refractivity contribution in [3.63, 3.8) is 0 Å². The van der Waals surface area contributed by atoms with E-state index in [1.54, 1.807) is 20.8 Å². The summed E-state index contributed by atoms with van der Waals surface area (Å²) < 4.78 is 16.2. The van der Waals surface area contributed by atoms with Gasteiger partial charge in [0.05, 0.1) is 25.8 Å². The second-order valence-corrected chi connectivity index (χ2v) is 5.95. The second kappa shape index (κ2) is 7.61. The highest BCUT2D eigenvalue weighted by atomic mass is 16.6. The monoisotopic (exact) mass is 303 g/mol. The molecule has 0 saturated carbocycles. The molecule has 0 aromatic rings. The third kappa shape index (κ3) is 6.31. The number of nitrogens with zero attached hydrogens (tertiary/aromatic N) is 1. The van der Waals surface area contributed by atoms with E-state index in [-0.39, 0.29) is 12.6 Å². The first-order chi connectivity index (χ1) is 9.73. The molecule has 7 nitrogen and oxygen atoms in total. The van der Waals surface area contributed by atoms with Gasteiger partial charge in [0.1, 0.15) is 5.60 Å². The Balaban J connectivity index is 2.79. The highest BCUT2D eigenvalue weighted by Crippen LogP contribution is 2.15. The maximum absolute atomic E-state index is 12.2. The highest BCUT2D eigenvalue weighted by molar-refractivity contribution is 5.74. The van der Waals surface area contributed by atoms with Crippen molar-refractivity contribution in [3.8, 4) is 0 Å².